The fourth-order valence-corrected chi connectivity index (χ4v) is 4.32. The average Bonchev–Trinajstić information content (AvgIpc) is 3.30. The van der Waals surface area contributed by atoms with Gasteiger partial charge in [0.05, 0.1) is 12.1 Å². The van der Waals surface area contributed by atoms with Gasteiger partial charge in [0.2, 0.25) is 0 Å². The predicted molar refractivity (Wildman–Crippen MR) is 116 cm³/mol. The second kappa shape index (κ2) is 9.35. The molecular weight excluding hydrogens is 420 g/mol. The van der Waals surface area contributed by atoms with Crippen LogP contribution in [0, 0.1) is 0 Å². The Hall–Kier alpha value is -2.47. The van der Waals surface area contributed by atoms with E-state index in [1.54, 1.807) is 12.1 Å². The summed E-state index contributed by atoms with van der Waals surface area (Å²) in [4.78, 5) is 9.18. The molecule has 0 spiro atoms. The number of phenols is 1. The van der Waals surface area contributed by atoms with Gasteiger partial charge in [-0.3, -0.25) is 0 Å². The van der Waals surface area contributed by atoms with Gasteiger partial charge in [-0.1, -0.05) is 36.0 Å². The monoisotopic (exact) mass is 446 g/mol. The van der Waals surface area contributed by atoms with Crippen LogP contribution < -0.4 is 5.32 Å². The highest BCUT2D eigenvalue weighted by Gasteiger charge is 2.43. The van der Waals surface area contributed by atoms with Gasteiger partial charge in [0.15, 0.2) is 22.1 Å². The molecule has 0 unspecified atom stereocenters. The second-order valence-corrected chi connectivity index (χ2v) is 8.67. The van der Waals surface area contributed by atoms with E-state index in [2.05, 4.69) is 32.5 Å². The van der Waals surface area contributed by atoms with Gasteiger partial charge in [-0.25, -0.2) is 14.6 Å². The summed E-state index contributed by atoms with van der Waals surface area (Å²) in [6.07, 6.45) is -1.58. The van der Waals surface area contributed by atoms with Crippen LogP contribution in [0.1, 0.15) is 31.4 Å². The lowest BCUT2D eigenvalue weighted by molar-refractivity contribution is -0.0253. The summed E-state index contributed by atoms with van der Waals surface area (Å²) in [5, 5.41) is 51.9. The Morgan fingerprint density at radius 2 is 1.90 bits per heavy atom. The largest absolute Gasteiger partial charge is 0.508 e. The van der Waals surface area contributed by atoms with Crippen molar-refractivity contribution >= 4 is 28.7 Å². The van der Waals surface area contributed by atoms with Crippen LogP contribution in [0.5, 0.6) is 5.75 Å². The maximum absolute atomic E-state index is 10.3. The number of hydrogen-bond donors (Lipinski definition) is 5. The van der Waals surface area contributed by atoms with Crippen molar-refractivity contribution < 1.29 is 20.4 Å². The predicted octanol–water partition coefficient (Wildman–Crippen LogP) is 1.11. The van der Waals surface area contributed by atoms with E-state index in [-0.39, 0.29) is 12.2 Å². The molecule has 1 fully saturated rings. The van der Waals surface area contributed by atoms with Crippen molar-refractivity contribution in [3.63, 3.8) is 0 Å². The molecule has 0 amide bonds. The highest BCUT2D eigenvalue weighted by molar-refractivity contribution is 7.99. The summed E-state index contributed by atoms with van der Waals surface area (Å²) in [7, 11) is 0. The smallest absolute Gasteiger partial charge is 0.191 e. The number of anilines is 1. The molecule has 31 heavy (non-hydrogen) atoms. The van der Waals surface area contributed by atoms with Gasteiger partial charge in [-0.05, 0) is 30.5 Å². The van der Waals surface area contributed by atoms with Gasteiger partial charge >= 0.3 is 0 Å². The average molecular weight is 447 g/mol. The third-order valence-electron chi connectivity index (χ3n) is 5.32. The Morgan fingerprint density at radius 1 is 1.13 bits per heavy atom. The summed E-state index contributed by atoms with van der Waals surface area (Å²) in [6.45, 7) is 2.66. The van der Waals surface area contributed by atoms with E-state index in [1.807, 2.05) is 12.1 Å². The molecule has 1 aliphatic carbocycles. The maximum Gasteiger partial charge on any atom is 0.191 e. The first kappa shape index (κ1) is 21.8. The van der Waals surface area contributed by atoms with Crippen molar-refractivity contribution in [3.05, 3.63) is 29.8 Å². The lowest BCUT2D eigenvalue weighted by atomic mass is 10.1. The van der Waals surface area contributed by atoms with Crippen LogP contribution in [0.25, 0.3) is 11.2 Å². The molecule has 4 atom stereocenters. The number of fused-ring (bicyclic) bond motifs is 1. The summed E-state index contributed by atoms with van der Waals surface area (Å²) in [5.41, 5.74) is 1.98. The molecule has 0 saturated heterocycles. The Bertz CT molecular complexity index is 1030. The molecule has 0 radical (unpaired) electrons. The minimum atomic E-state index is -1.23. The van der Waals surface area contributed by atoms with Crippen molar-refractivity contribution in [1.82, 2.24) is 25.0 Å². The quantitative estimate of drug-likeness (QED) is 0.251. The molecule has 0 bridgehead atoms. The number of benzene rings is 1. The number of hydrogen-bond acceptors (Lipinski definition) is 10. The number of aliphatic hydroxyl groups excluding tert-OH is 3. The number of thioether (sulfide) groups is 1. The van der Waals surface area contributed by atoms with Gasteiger partial charge in [0.25, 0.3) is 0 Å². The SMILES string of the molecule is CCCSc1nc(NCCc2ccc(O)cc2)c2nnn([C@@H]3C[C@H](O)[C@@H](O)[C@H]3O)c2n1. The Labute approximate surface area is 183 Å². The summed E-state index contributed by atoms with van der Waals surface area (Å²) in [6, 6.07) is 6.41. The number of aromatic hydroxyl groups is 1. The van der Waals surface area contributed by atoms with E-state index < -0.39 is 24.4 Å². The van der Waals surface area contributed by atoms with Crippen molar-refractivity contribution in [2.75, 3.05) is 17.6 Å². The van der Waals surface area contributed by atoms with E-state index >= 15 is 0 Å². The molecular formula is C20H26N6O4S. The number of nitrogens with one attached hydrogen (secondary N) is 1. The number of rotatable bonds is 8. The van der Waals surface area contributed by atoms with E-state index in [0.29, 0.717) is 28.7 Å². The third-order valence-corrected chi connectivity index (χ3v) is 6.37. The number of aromatic nitrogens is 5. The number of nitrogens with zero attached hydrogens (tertiary/aromatic N) is 5. The zero-order valence-electron chi connectivity index (χ0n) is 17.1. The van der Waals surface area contributed by atoms with Crippen LogP contribution >= 0.6 is 11.8 Å². The highest BCUT2D eigenvalue weighted by atomic mass is 32.2. The van der Waals surface area contributed by atoms with Gasteiger partial charge in [-0.15, -0.1) is 5.10 Å². The van der Waals surface area contributed by atoms with Crippen molar-refractivity contribution in [1.29, 1.82) is 0 Å². The minimum absolute atomic E-state index is 0.159. The molecule has 2 aromatic heterocycles. The van der Waals surface area contributed by atoms with Crippen molar-refractivity contribution in [2.24, 2.45) is 0 Å². The number of phenolic OH excluding ortho intramolecular Hbond substituents is 1. The molecule has 166 valence electrons. The topological polar surface area (TPSA) is 149 Å². The van der Waals surface area contributed by atoms with Gasteiger partial charge in [0.1, 0.15) is 18.0 Å². The molecule has 10 nitrogen and oxygen atoms in total. The van der Waals surface area contributed by atoms with Gasteiger partial charge in [-0.2, -0.15) is 0 Å². The molecule has 5 N–H and O–H groups in total. The lowest BCUT2D eigenvalue weighted by Crippen LogP contribution is -2.31. The molecule has 11 heteroatoms. The summed E-state index contributed by atoms with van der Waals surface area (Å²) < 4.78 is 1.47. The first-order valence-electron chi connectivity index (χ1n) is 10.3. The lowest BCUT2D eigenvalue weighted by Gasteiger charge is -2.16. The normalized spacial score (nSPS) is 23.5. The van der Waals surface area contributed by atoms with Gasteiger partial charge < -0.3 is 25.7 Å². The molecule has 1 aliphatic rings. The number of aliphatic hydroxyl groups is 3. The standard InChI is InChI=1S/C20H26N6O4S/c1-2-9-31-20-22-18(21-8-7-11-3-5-12(27)6-4-11)15-19(23-20)26(25-24-15)13-10-14(28)17(30)16(13)29/h3-6,13-14,16-17,27-30H,2,7-10H2,1H3,(H,21,22,23)/t13-,14+,16+,17-/m1/s1. The Morgan fingerprint density at radius 3 is 2.58 bits per heavy atom. The Balaban J connectivity index is 1.61. The van der Waals surface area contributed by atoms with E-state index in [1.165, 1.54) is 16.4 Å². The molecule has 2 heterocycles. The molecule has 3 aromatic rings. The molecule has 0 aliphatic heterocycles. The minimum Gasteiger partial charge on any atom is -0.508 e. The van der Waals surface area contributed by atoms with Crippen molar-refractivity contribution in [2.45, 2.75) is 55.7 Å². The maximum atomic E-state index is 10.3. The van der Waals surface area contributed by atoms with Crippen LogP contribution in [0.4, 0.5) is 5.82 Å². The third kappa shape index (κ3) is 4.59. The molecule has 4 rings (SSSR count). The zero-order chi connectivity index (χ0) is 22.0. The summed E-state index contributed by atoms with van der Waals surface area (Å²) in [5.74, 6) is 1.62. The second-order valence-electron chi connectivity index (χ2n) is 7.60. The van der Waals surface area contributed by atoms with E-state index in [9.17, 15) is 20.4 Å². The fraction of sp³-hybridized carbons (Fsp3) is 0.500. The van der Waals surface area contributed by atoms with Crippen LogP contribution in [-0.4, -0.2) is 76.0 Å². The first-order chi connectivity index (χ1) is 15.0. The van der Waals surface area contributed by atoms with Gasteiger partial charge in [0, 0.05) is 18.7 Å². The van der Waals surface area contributed by atoms with E-state index in [4.69, 9.17) is 0 Å². The molecule has 1 aromatic carbocycles. The Kier molecular flexibility index (Phi) is 6.56. The highest BCUT2D eigenvalue weighted by Crippen LogP contribution is 2.33. The van der Waals surface area contributed by atoms with Crippen LogP contribution in [0.3, 0.4) is 0 Å². The van der Waals surface area contributed by atoms with Crippen LogP contribution in [0.15, 0.2) is 29.4 Å². The molecule has 1 saturated carbocycles. The summed E-state index contributed by atoms with van der Waals surface area (Å²) >= 11 is 1.52. The fourth-order valence-electron chi connectivity index (χ4n) is 3.63. The first-order valence-corrected chi connectivity index (χ1v) is 11.3. The zero-order valence-corrected chi connectivity index (χ0v) is 17.9. The van der Waals surface area contributed by atoms with Crippen LogP contribution in [-0.2, 0) is 6.42 Å². The van der Waals surface area contributed by atoms with Crippen LogP contribution in [0.2, 0.25) is 0 Å². The van der Waals surface area contributed by atoms with Crippen molar-refractivity contribution in [3.8, 4) is 5.75 Å². The van der Waals surface area contributed by atoms with E-state index in [0.717, 1.165) is 24.2 Å².